The van der Waals surface area contributed by atoms with Crippen molar-refractivity contribution in [3.05, 3.63) is 48.0 Å². The van der Waals surface area contributed by atoms with Crippen molar-refractivity contribution in [2.45, 2.75) is 38.0 Å². The molecule has 1 aromatic rings. The second kappa shape index (κ2) is 3.89. The number of fused-ring (bicyclic) bond motifs is 2. The predicted molar refractivity (Wildman–Crippen MR) is 74.0 cm³/mol. The smallest absolute Gasteiger partial charge is 0.151 e. The molecule has 2 aliphatic carbocycles. The molecule has 1 fully saturated rings. The zero-order chi connectivity index (χ0) is 13.7. The van der Waals surface area contributed by atoms with Crippen LogP contribution in [0.3, 0.4) is 0 Å². The van der Waals surface area contributed by atoms with Gasteiger partial charge in [0.05, 0.1) is 0 Å². The van der Waals surface area contributed by atoms with Crippen LogP contribution < -0.4 is 0 Å². The van der Waals surface area contributed by atoms with Crippen molar-refractivity contribution in [1.82, 2.24) is 0 Å². The van der Waals surface area contributed by atoms with E-state index >= 15 is 0 Å². The van der Waals surface area contributed by atoms with Crippen molar-refractivity contribution in [3.8, 4) is 0 Å². The molecule has 1 unspecified atom stereocenters. The van der Waals surface area contributed by atoms with Gasteiger partial charge < -0.3 is 0 Å². The predicted octanol–water partition coefficient (Wildman–Crippen LogP) is 2.99. The van der Waals surface area contributed by atoms with Gasteiger partial charge in [-0.25, -0.2) is 0 Å². The van der Waals surface area contributed by atoms with E-state index in [0.717, 1.165) is 17.5 Å². The van der Waals surface area contributed by atoms with E-state index in [1.807, 2.05) is 37.3 Å². The Bertz CT molecular complexity index is 569. The number of hydrogen-bond donors (Lipinski definition) is 0. The van der Waals surface area contributed by atoms with E-state index in [4.69, 9.17) is 0 Å². The monoisotopic (exact) mass is 254 g/mol. The second-order valence-electron chi connectivity index (χ2n) is 5.91. The van der Waals surface area contributed by atoms with Gasteiger partial charge in [0.15, 0.2) is 11.6 Å². The SMILES string of the molecule is C=CC1(C)Cc2ccccc2C12C(=O)CCCC2=O. The zero-order valence-corrected chi connectivity index (χ0v) is 11.2. The third kappa shape index (κ3) is 1.32. The van der Waals surface area contributed by atoms with Crippen molar-refractivity contribution < 1.29 is 9.59 Å². The van der Waals surface area contributed by atoms with Crippen LogP contribution in [0.25, 0.3) is 0 Å². The van der Waals surface area contributed by atoms with Gasteiger partial charge in [0.25, 0.3) is 0 Å². The molecule has 1 saturated carbocycles. The summed E-state index contributed by atoms with van der Waals surface area (Å²) in [6, 6.07) is 7.87. The fraction of sp³-hybridized carbons (Fsp3) is 0.412. The van der Waals surface area contributed by atoms with Crippen LogP contribution in [0.2, 0.25) is 0 Å². The summed E-state index contributed by atoms with van der Waals surface area (Å²) in [5.74, 6) is 0.159. The third-order valence-electron chi connectivity index (χ3n) is 4.93. The van der Waals surface area contributed by atoms with E-state index in [9.17, 15) is 9.59 Å². The summed E-state index contributed by atoms with van der Waals surface area (Å²) >= 11 is 0. The molecule has 3 rings (SSSR count). The van der Waals surface area contributed by atoms with Crippen LogP contribution in [0.15, 0.2) is 36.9 Å². The normalized spacial score (nSPS) is 28.5. The lowest BCUT2D eigenvalue weighted by atomic mass is 9.56. The van der Waals surface area contributed by atoms with Crippen LogP contribution in [0.1, 0.15) is 37.3 Å². The second-order valence-corrected chi connectivity index (χ2v) is 5.91. The first-order valence-corrected chi connectivity index (χ1v) is 6.85. The molecule has 0 amide bonds. The quantitative estimate of drug-likeness (QED) is 0.570. The summed E-state index contributed by atoms with van der Waals surface area (Å²) in [7, 11) is 0. The fourth-order valence-electron chi connectivity index (χ4n) is 3.98. The molecule has 0 bridgehead atoms. The van der Waals surface area contributed by atoms with Crippen LogP contribution in [-0.4, -0.2) is 11.6 Å². The first kappa shape index (κ1) is 12.3. The molecular weight excluding hydrogens is 236 g/mol. The van der Waals surface area contributed by atoms with Crippen LogP contribution in [0, 0.1) is 5.41 Å². The van der Waals surface area contributed by atoms with Crippen LogP contribution >= 0.6 is 0 Å². The van der Waals surface area contributed by atoms with Gasteiger partial charge in [0.2, 0.25) is 0 Å². The molecule has 0 heterocycles. The van der Waals surface area contributed by atoms with Crippen LogP contribution in [-0.2, 0) is 21.4 Å². The van der Waals surface area contributed by atoms with Gasteiger partial charge in [-0.15, -0.1) is 6.58 Å². The summed E-state index contributed by atoms with van der Waals surface area (Å²) in [5, 5.41) is 0. The van der Waals surface area contributed by atoms with Gasteiger partial charge in [-0.1, -0.05) is 37.3 Å². The van der Waals surface area contributed by atoms with Gasteiger partial charge in [0, 0.05) is 18.3 Å². The van der Waals surface area contributed by atoms with Crippen LogP contribution in [0.4, 0.5) is 0 Å². The van der Waals surface area contributed by atoms with E-state index in [1.165, 1.54) is 0 Å². The average molecular weight is 254 g/mol. The standard InChI is InChI=1S/C17H18O2/c1-3-16(2)11-12-7-4-5-8-13(12)17(16)14(18)9-6-10-15(17)19/h3-5,7-8H,1,6,9-11H2,2H3. The molecule has 1 aromatic carbocycles. The minimum absolute atomic E-state index is 0.0797. The van der Waals surface area contributed by atoms with Gasteiger partial charge in [-0.3, -0.25) is 9.59 Å². The lowest BCUT2D eigenvalue weighted by Crippen LogP contribution is -2.54. The Morgan fingerprint density at radius 1 is 1.16 bits per heavy atom. The van der Waals surface area contributed by atoms with Crippen molar-refractivity contribution in [3.63, 3.8) is 0 Å². The first-order chi connectivity index (χ1) is 9.06. The molecule has 0 aromatic heterocycles. The number of rotatable bonds is 1. The maximum Gasteiger partial charge on any atom is 0.151 e. The Hall–Kier alpha value is -1.70. The fourth-order valence-corrected chi connectivity index (χ4v) is 3.98. The van der Waals surface area contributed by atoms with E-state index in [0.29, 0.717) is 19.3 Å². The molecule has 0 radical (unpaired) electrons. The van der Waals surface area contributed by atoms with Crippen molar-refractivity contribution in [1.29, 1.82) is 0 Å². The van der Waals surface area contributed by atoms with E-state index in [1.54, 1.807) is 0 Å². The highest BCUT2D eigenvalue weighted by Crippen LogP contribution is 2.56. The molecule has 2 nitrogen and oxygen atoms in total. The van der Waals surface area contributed by atoms with Crippen molar-refractivity contribution in [2.75, 3.05) is 0 Å². The number of ketones is 2. The number of hydrogen-bond acceptors (Lipinski definition) is 2. The Morgan fingerprint density at radius 3 is 2.42 bits per heavy atom. The lowest BCUT2D eigenvalue weighted by molar-refractivity contribution is -0.142. The molecular formula is C17H18O2. The summed E-state index contributed by atoms with van der Waals surface area (Å²) < 4.78 is 0. The maximum atomic E-state index is 12.7. The Kier molecular flexibility index (Phi) is 2.53. The summed E-state index contributed by atoms with van der Waals surface area (Å²) in [6.07, 6.45) is 4.24. The topological polar surface area (TPSA) is 34.1 Å². The molecule has 0 saturated heterocycles. The Labute approximate surface area is 113 Å². The molecule has 2 heteroatoms. The number of carbonyl (C=O) groups excluding carboxylic acids is 2. The highest BCUT2D eigenvalue weighted by molar-refractivity contribution is 6.16. The zero-order valence-electron chi connectivity index (χ0n) is 11.2. The summed E-state index contributed by atoms with van der Waals surface area (Å²) in [4.78, 5) is 25.4. The van der Waals surface area contributed by atoms with Gasteiger partial charge in [-0.05, 0) is 24.0 Å². The highest BCUT2D eigenvalue weighted by atomic mass is 16.2. The molecule has 0 N–H and O–H groups in total. The first-order valence-electron chi connectivity index (χ1n) is 6.85. The minimum Gasteiger partial charge on any atom is -0.298 e. The minimum atomic E-state index is -0.969. The molecule has 98 valence electrons. The molecule has 2 aliphatic rings. The van der Waals surface area contributed by atoms with E-state index < -0.39 is 10.8 Å². The molecule has 1 spiro atoms. The highest BCUT2D eigenvalue weighted by Gasteiger charge is 2.62. The van der Waals surface area contributed by atoms with Crippen molar-refractivity contribution >= 4 is 11.6 Å². The number of benzene rings is 1. The largest absolute Gasteiger partial charge is 0.298 e. The molecule has 0 aliphatic heterocycles. The summed E-state index contributed by atoms with van der Waals surface area (Å²) in [5.41, 5.74) is 0.593. The molecule has 1 atom stereocenters. The number of Topliss-reactive ketones (excluding diaryl/α,β-unsaturated/α-hetero) is 2. The van der Waals surface area contributed by atoms with E-state index in [2.05, 4.69) is 6.58 Å². The Balaban J connectivity index is 2.33. The number of allylic oxidation sites excluding steroid dienone is 1. The number of carbonyl (C=O) groups is 2. The Morgan fingerprint density at radius 2 is 1.79 bits per heavy atom. The third-order valence-corrected chi connectivity index (χ3v) is 4.93. The average Bonchev–Trinajstić information content (AvgIpc) is 2.67. The van der Waals surface area contributed by atoms with Gasteiger partial charge >= 0.3 is 0 Å². The molecule has 19 heavy (non-hydrogen) atoms. The maximum absolute atomic E-state index is 12.7. The van der Waals surface area contributed by atoms with Gasteiger partial charge in [0.1, 0.15) is 5.41 Å². The van der Waals surface area contributed by atoms with Crippen molar-refractivity contribution in [2.24, 2.45) is 5.41 Å². The summed E-state index contributed by atoms with van der Waals surface area (Å²) in [6.45, 7) is 5.91. The van der Waals surface area contributed by atoms with Crippen LogP contribution in [0.5, 0.6) is 0 Å². The lowest BCUT2D eigenvalue weighted by Gasteiger charge is -2.42. The van der Waals surface area contributed by atoms with E-state index in [-0.39, 0.29) is 11.6 Å². The van der Waals surface area contributed by atoms with Gasteiger partial charge in [-0.2, -0.15) is 0 Å².